The molecule has 1 heterocycles. The molecule has 1 aliphatic rings. The van der Waals surface area contributed by atoms with Gasteiger partial charge in [-0.25, -0.2) is 8.42 Å². The van der Waals surface area contributed by atoms with Crippen LogP contribution in [0.1, 0.15) is 5.56 Å². The fourth-order valence-electron chi connectivity index (χ4n) is 2.63. The molecule has 1 aliphatic heterocycles. The number of ether oxygens (including phenoxy) is 1. The van der Waals surface area contributed by atoms with E-state index in [1.807, 2.05) is 0 Å². The average Bonchev–Trinajstić information content (AvgIpc) is 2.68. The highest BCUT2D eigenvalue weighted by Crippen LogP contribution is 2.28. The van der Waals surface area contributed by atoms with Crippen molar-refractivity contribution < 1.29 is 17.9 Å². The maximum Gasteiger partial charge on any atom is 0.248 e. The zero-order chi connectivity index (χ0) is 17.7. The molecule has 0 atom stereocenters. The van der Waals surface area contributed by atoms with Gasteiger partial charge in [0.2, 0.25) is 15.7 Å². The summed E-state index contributed by atoms with van der Waals surface area (Å²) in [6.07, 6.45) is 1.23. The van der Waals surface area contributed by atoms with Crippen molar-refractivity contribution in [2.24, 2.45) is 0 Å². The molecular formula is C19H19NO4S. The highest BCUT2D eigenvalue weighted by Gasteiger charge is 2.25. The van der Waals surface area contributed by atoms with Crippen molar-refractivity contribution in [3.63, 3.8) is 0 Å². The average molecular weight is 357 g/mol. The van der Waals surface area contributed by atoms with Crippen LogP contribution >= 0.6 is 0 Å². The van der Waals surface area contributed by atoms with Gasteiger partial charge in [0.15, 0.2) is 0 Å². The number of benzene rings is 2. The maximum absolute atomic E-state index is 13.1. The second-order valence-electron chi connectivity index (χ2n) is 5.63. The topological polar surface area (TPSA) is 63.7 Å². The lowest BCUT2D eigenvalue weighted by Crippen LogP contribution is -2.40. The van der Waals surface area contributed by atoms with Crippen LogP contribution in [0.25, 0.3) is 4.91 Å². The Morgan fingerprint density at radius 3 is 2.08 bits per heavy atom. The van der Waals surface area contributed by atoms with E-state index in [1.54, 1.807) is 53.4 Å². The predicted octanol–water partition coefficient (Wildman–Crippen LogP) is 2.36. The van der Waals surface area contributed by atoms with Crippen LogP contribution in [0.4, 0.5) is 0 Å². The molecular weight excluding hydrogens is 338 g/mol. The van der Waals surface area contributed by atoms with Crippen molar-refractivity contribution >= 4 is 20.6 Å². The van der Waals surface area contributed by atoms with Crippen molar-refractivity contribution in [1.82, 2.24) is 4.90 Å². The molecule has 25 heavy (non-hydrogen) atoms. The molecule has 0 unspecified atom stereocenters. The number of rotatable bonds is 4. The van der Waals surface area contributed by atoms with E-state index >= 15 is 0 Å². The van der Waals surface area contributed by atoms with Crippen molar-refractivity contribution in [1.29, 1.82) is 0 Å². The second kappa shape index (κ2) is 7.63. The van der Waals surface area contributed by atoms with Gasteiger partial charge in [-0.2, -0.15) is 0 Å². The molecule has 2 aromatic rings. The van der Waals surface area contributed by atoms with Crippen molar-refractivity contribution in [2.75, 3.05) is 26.3 Å². The van der Waals surface area contributed by atoms with E-state index in [0.29, 0.717) is 31.9 Å². The summed E-state index contributed by atoms with van der Waals surface area (Å²) in [5.74, 6) is -0.318. The Hall–Kier alpha value is -2.44. The summed E-state index contributed by atoms with van der Waals surface area (Å²) >= 11 is 0. The van der Waals surface area contributed by atoms with Gasteiger partial charge in [0, 0.05) is 19.2 Å². The highest BCUT2D eigenvalue weighted by molar-refractivity contribution is 8.00. The van der Waals surface area contributed by atoms with Gasteiger partial charge in [-0.15, -0.1) is 0 Å². The number of carbonyl (C=O) groups excluding carboxylic acids is 1. The van der Waals surface area contributed by atoms with Crippen molar-refractivity contribution in [3.8, 4) is 0 Å². The minimum Gasteiger partial charge on any atom is -0.378 e. The lowest BCUT2D eigenvalue weighted by atomic mass is 10.2. The lowest BCUT2D eigenvalue weighted by Gasteiger charge is -2.26. The molecule has 1 fully saturated rings. The summed E-state index contributed by atoms with van der Waals surface area (Å²) < 4.78 is 31.4. The summed E-state index contributed by atoms with van der Waals surface area (Å²) in [5, 5.41) is 0. The van der Waals surface area contributed by atoms with Crippen LogP contribution in [0.15, 0.2) is 71.6 Å². The first-order chi connectivity index (χ1) is 12.1. The first kappa shape index (κ1) is 17.4. The number of morpholine rings is 1. The van der Waals surface area contributed by atoms with Crippen LogP contribution in [0.2, 0.25) is 0 Å². The third kappa shape index (κ3) is 3.97. The second-order valence-corrected chi connectivity index (χ2v) is 7.55. The maximum atomic E-state index is 13.1. The van der Waals surface area contributed by atoms with Gasteiger partial charge in [0.25, 0.3) is 0 Å². The summed E-state index contributed by atoms with van der Waals surface area (Å²) in [6, 6.07) is 16.8. The standard InChI is InChI=1S/C19H19NO4S/c21-19(20-11-13-24-14-12-20)15-18(16-7-3-1-4-8-16)25(22,23)17-9-5-2-6-10-17/h1-10,15H,11-14H2/b18-15+. The predicted molar refractivity (Wildman–Crippen MR) is 95.4 cm³/mol. The Morgan fingerprint density at radius 2 is 1.48 bits per heavy atom. The number of sulfone groups is 1. The molecule has 0 bridgehead atoms. The number of hydrogen-bond donors (Lipinski definition) is 0. The highest BCUT2D eigenvalue weighted by atomic mass is 32.2. The number of hydrogen-bond acceptors (Lipinski definition) is 4. The van der Waals surface area contributed by atoms with Crippen LogP contribution < -0.4 is 0 Å². The quantitative estimate of drug-likeness (QED) is 0.788. The zero-order valence-electron chi connectivity index (χ0n) is 13.7. The van der Waals surface area contributed by atoms with Gasteiger partial charge in [0.1, 0.15) is 0 Å². The van der Waals surface area contributed by atoms with Crippen LogP contribution in [0.5, 0.6) is 0 Å². The first-order valence-corrected chi connectivity index (χ1v) is 9.51. The summed E-state index contributed by atoms with van der Waals surface area (Å²) in [5.41, 5.74) is 0.493. The van der Waals surface area contributed by atoms with Crippen molar-refractivity contribution in [2.45, 2.75) is 4.90 Å². The molecule has 3 rings (SSSR count). The molecule has 1 amide bonds. The number of nitrogens with zero attached hydrogens (tertiary/aromatic N) is 1. The van der Waals surface area contributed by atoms with Gasteiger partial charge in [-0.1, -0.05) is 48.5 Å². The van der Waals surface area contributed by atoms with Gasteiger partial charge >= 0.3 is 0 Å². The molecule has 1 saturated heterocycles. The third-order valence-electron chi connectivity index (χ3n) is 3.98. The Balaban J connectivity index is 2.04. The third-order valence-corrected chi connectivity index (χ3v) is 5.80. The normalized spacial score (nSPS) is 15.8. The molecule has 130 valence electrons. The molecule has 5 nitrogen and oxygen atoms in total. The fourth-order valence-corrected chi connectivity index (χ4v) is 4.10. The fraction of sp³-hybridized carbons (Fsp3) is 0.211. The van der Waals surface area contributed by atoms with E-state index in [2.05, 4.69) is 0 Å². The molecule has 0 N–H and O–H groups in total. The summed E-state index contributed by atoms with van der Waals surface area (Å²) in [4.78, 5) is 14.4. The minimum absolute atomic E-state index is 0.00999. The van der Waals surface area contributed by atoms with Crippen LogP contribution in [-0.2, 0) is 19.4 Å². The number of carbonyl (C=O) groups is 1. The summed E-state index contributed by atoms with van der Waals surface area (Å²) in [6.45, 7) is 1.85. The SMILES string of the molecule is O=C(/C=C(\c1ccccc1)S(=O)(=O)c1ccccc1)N1CCOCC1. The van der Waals surface area contributed by atoms with Gasteiger partial charge in [-0.05, 0) is 17.7 Å². The van der Waals surface area contributed by atoms with Gasteiger partial charge in [0.05, 0.1) is 23.0 Å². The van der Waals surface area contributed by atoms with Crippen LogP contribution in [0, 0.1) is 0 Å². The monoisotopic (exact) mass is 357 g/mol. The van der Waals surface area contributed by atoms with Crippen molar-refractivity contribution in [3.05, 3.63) is 72.3 Å². The largest absolute Gasteiger partial charge is 0.378 e. The Bertz CT molecular complexity index is 855. The van der Waals surface area contributed by atoms with Crippen LogP contribution in [0.3, 0.4) is 0 Å². The molecule has 0 radical (unpaired) electrons. The summed E-state index contributed by atoms with van der Waals surface area (Å²) in [7, 11) is -3.81. The Kier molecular flexibility index (Phi) is 5.31. The Labute approximate surface area is 147 Å². The molecule has 0 aliphatic carbocycles. The molecule has 2 aromatic carbocycles. The van der Waals surface area contributed by atoms with E-state index in [4.69, 9.17) is 4.74 Å². The van der Waals surface area contributed by atoms with E-state index in [0.717, 1.165) is 0 Å². The Morgan fingerprint density at radius 1 is 0.920 bits per heavy atom. The minimum atomic E-state index is -3.81. The van der Waals surface area contributed by atoms with E-state index in [9.17, 15) is 13.2 Å². The van der Waals surface area contributed by atoms with Gasteiger partial charge in [-0.3, -0.25) is 4.79 Å². The lowest BCUT2D eigenvalue weighted by molar-refractivity contribution is -0.129. The molecule has 0 spiro atoms. The molecule has 0 saturated carbocycles. The van der Waals surface area contributed by atoms with E-state index < -0.39 is 9.84 Å². The smallest absolute Gasteiger partial charge is 0.248 e. The first-order valence-electron chi connectivity index (χ1n) is 8.03. The van der Waals surface area contributed by atoms with E-state index in [1.165, 1.54) is 18.2 Å². The van der Waals surface area contributed by atoms with Crippen LogP contribution in [-0.4, -0.2) is 45.5 Å². The van der Waals surface area contributed by atoms with E-state index in [-0.39, 0.29) is 15.7 Å². The zero-order valence-corrected chi connectivity index (χ0v) is 14.5. The molecule has 0 aromatic heterocycles. The number of amides is 1. The van der Waals surface area contributed by atoms with Gasteiger partial charge < -0.3 is 9.64 Å². The molecule has 6 heteroatoms.